The Hall–Kier alpha value is -3.37. The van der Waals surface area contributed by atoms with Crippen LogP contribution in [0.3, 0.4) is 0 Å². The van der Waals surface area contributed by atoms with Gasteiger partial charge in [-0.1, -0.05) is 19.9 Å². The maximum absolute atomic E-state index is 13.7. The molecular weight excluding hydrogens is 425 g/mol. The summed E-state index contributed by atoms with van der Waals surface area (Å²) >= 11 is 0. The molecule has 174 valence electrons. The number of aryl methyl sites for hydroxylation is 1. The molecule has 2 heterocycles. The topological polar surface area (TPSA) is 130 Å². The molecule has 0 aliphatic carbocycles. The predicted molar refractivity (Wildman–Crippen MR) is 114 cm³/mol. The minimum absolute atomic E-state index is 0.0893. The van der Waals surface area contributed by atoms with Crippen molar-refractivity contribution in [2.24, 2.45) is 16.5 Å². The van der Waals surface area contributed by atoms with E-state index in [1.54, 1.807) is 17.9 Å². The number of halogens is 3. The number of rotatable bonds is 3. The number of guanidine groups is 1. The van der Waals surface area contributed by atoms with Crippen LogP contribution in [0.15, 0.2) is 29.3 Å². The third-order valence-electron chi connectivity index (χ3n) is 4.98. The smallest absolute Gasteiger partial charge is 0.370 e. The van der Waals surface area contributed by atoms with E-state index in [-0.39, 0.29) is 22.7 Å². The van der Waals surface area contributed by atoms with E-state index in [0.717, 1.165) is 11.8 Å². The number of benzene rings is 1. The van der Waals surface area contributed by atoms with Gasteiger partial charge in [0.15, 0.2) is 5.96 Å². The van der Waals surface area contributed by atoms with Crippen LogP contribution in [-0.2, 0) is 6.18 Å². The number of aliphatic imine (C=N–C) groups is 1. The van der Waals surface area contributed by atoms with Gasteiger partial charge in [0.1, 0.15) is 5.69 Å². The van der Waals surface area contributed by atoms with Gasteiger partial charge in [-0.05, 0) is 49.4 Å². The molecule has 11 heteroatoms. The third kappa shape index (κ3) is 5.86. The van der Waals surface area contributed by atoms with Gasteiger partial charge in [-0.3, -0.25) is 14.7 Å². The fourth-order valence-corrected chi connectivity index (χ4v) is 3.56. The van der Waals surface area contributed by atoms with Crippen LogP contribution in [0.1, 0.15) is 70.3 Å². The standard InChI is InChI=1S/C19H21F3N6O2.C2H6/c1-10-8-15(27-26-10)17(30)28-6-4-11(5-7-28)13-3-2-12(16(29)25-18(23)24)9-14(13)19(20,21)22;1-2/h2-3,8-9,11H,4-7H2,1H3,(H,26,27)(H4,23,24,25,29);1-2H3. The normalized spacial score (nSPS) is 14.4. The number of nitrogens with two attached hydrogens (primary N) is 2. The van der Waals surface area contributed by atoms with E-state index in [4.69, 9.17) is 11.5 Å². The highest BCUT2D eigenvalue weighted by molar-refractivity contribution is 6.02. The summed E-state index contributed by atoms with van der Waals surface area (Å²) in [5, 5.41) is 6.63. The van der Waals surface area contributed by atoms with E-state index < -0.39 is 29.5 Å². The number of amides is 2. The van der Waals surface area contributed by atoms with Crippen molar-refractivity contribution < 1.29 is 22.8 Å². The van der Waals surface area contributed by atoms with Crippen LogP contribution >= 0.6 is 0 Å². The zero-order chi connectivity index (χ0) is 24.1. The zero-order valence-electron chi connectivity index (χ0n) is 18.2. The summed E-state index contributed by atoms with van der Waals surface area (Å²) in [5.41, 5.74) is 10.2. The third-order valence-corrected chi connectivity index (χ3v) is 4.98. The van der Waals surface area contributed by atoms with Crippen molar-refractivity contribution in [3.05, 3.63) is 52.3 Å². The molecule has 2 amide bonds. The molecule has 0 saturated carbocycles. The van der Waals surface area contributed by atoms with Crippen molar-refractivity contribution >= 4 is 17.8 Å². The highest BCUT2D eigenvalue weighted by Crippen LogP contribution is 2.39. The molecule has 0 unspecified atom stereocenters. The quantitative estimate of drug-likeness (QED) is 0.486. The summed E-state index contributed by atoms with van der Waals surface area (Å²) < 4.78 is 41.0. The Balaban J connectivity index is 0.00000176. The summed E-state index contributed by atoms with van der Waals surface area (Å²) in [6.45, 7) is 6.39. The molecule has 0 atom stereocenters. The monoisotopic (exact) mass is 452 g/mol. The van der Waals surface area contributed by atoms with Crippen molar-refractivity contribution in [2.75, 3.05) is 13.1 Å². The molecule has 0 radical (unpaired) electrons. The Morgan fingerprint density at radius 2 is 1.78 bits per heavy atom. The molecule has 1 fully saturated rings. The Kier molecular flexibility index (Phi) is 8.01. The van der Waals surface area contributed by atoms with Gasteiger partial charge in [0.05, 0.1) is 5.56 Å². The van der Waals surface area contributed by atoms with E-state index in [9.17, 15) is 22.8 Å². The molecule has 2 aromatic rings. The van der Waals surface area contributed by atoms with E-state index in [0.29, 0.717) is 25.9 Å². The molecule has 8 nitrogen and oxygen atoms in total. The molecule has 5 N–H and O–H groups in total. The maximum atomic E-state index is 13.7. The van der Waals surface area contributed by atoms with Crippen LogP contribution in [0.4, 0.5) is 13.2 Å². The number of carbonyl (C=O) groups is 2. The first-order valence-electron chi connectivity index (χ1n) is 10.2. The average molecular weight is 452 g/mol. The lowest BCUT2D eigenvalue weighted by Gasteiger charge is -2.33. The lowest BCUT2D eigenvalue weighted by molar-refractivity contribution is -0.138. The number of alkyl halides is 3. The molecule has 1 aromatic carbocycles. The molecule has 32 heavy (non-hydrogen) atoms. The van der Waals surface area contributed by atoms with Crippen molar-refractivity contribution in [2.45, 2.75) is 45.7 Å². The second kappa shape index (κ2) is 10.3. The van der Waals surface area contributed by atoms with Crippen LogP contribution in [0, 0.1) is 6.92 Å². The number of likely N-dealkylation sites (tertiary alicyclic amines) is 1. The largest absolute Gasteiger partial charge is 0.416 e. The SMILES string of the molecule is CC.Cc1cc(C(=O)N2CCC(c3ccc(C(=O)N=C(N)N)cc3C(F)(F)F)CC2)n[nH]1. The van der Waals surface area contributed by atoms with Crippen molar-refractivity contribution in [3.8, 4) is 0 Å². The minimum Gasteiger partial charge on any atom is -0.370 e. The van der Waals surface area contributed by atoms with Gasteiger partial charge in [-0.2, -0.15) is 23.3 Å². The molecule has 1 aliphatic heterocycles. The van der Waals surface area contributed by atoms with Crippen LogP contribution < -0.4 is 11.5 Å². The van der Waals surface area contributed by atoms with Crippen LogP contribution in [0.5, 0.6) is 0 Å². The lowest BCUT2D eigenvalue weighted by Crippen LogP contribution is -2.38. The second-order valence-corrected chi connectivity index (χ2v) is 7.14. The van der Waals surface area contributed by atoms with Gasteiger partial charge >= 0.3 is 6.18 Å². The number of nitrogens with one attached hydrogen (secondary N) is 1. The van der Waals surface area contributed by atoms with Gasteiger partial charge in [-0.25, -0.2) is 0 Å². The predicted octanol–water partition coefficient (Wildman–Crippen LogP) is 3.20. The minimum atomic E-state index is -4.65. The van der Waals surface area contributed by atoms with Crippen LogP contribution in [0.2, 0.25) is 0 Å². The first-order valence-corrected chi connectivity index (χ1v) is 10.2. The molecule has 0 spiro atoms. The van der Waals surface area contributed by atoms with E-state index in [2.05, 4.69) is 15.2 Å². The van der Waals surface area contributed by atoms with E-state index in [1.807, 2.05) is 13.8 Å². The Morgan fingerprint density at radius 3 is 2.28 bits per heavy atom. The van der Waals surface area contributed by atoms with Crippen molar-refractivity contribution in [1.29, 1.82) is 0 Å². The fourth-order valence-electron chi connectivity index (χ4n) is 3.56. The van der Waals surface area contributed by atoms with E-state index >= 15 is 0 Å². The lowest BCUT2D eigenvalue weighted by atomic mass is 9.85. The van der Waals surface area contributed by atoms with Gasteiger partial charge in [0.25, 0.3) is 11.8 Å². The molecule has 1 saturated heterocycles. The summed E-state index contributed by atoms with van der Waals surface area (Å²) in [5.74, 6) is -2.13. The highest BCUT2D eigenvalue weighted by atomic mass is 19.4. The maximum Gasteiger partial charge on any atom is 0.416 e. The first-order chi connectivity index (χ1) is 15.1. The number of carbonyl (C=O) groups excluding carboxylic acids is 2. The van der Waals surface area contributed by atoms with Crippen molar-refractivity contribution in [3.63, 3.8) is 0 Å². The molecular formula is C21H27F3N6O2. The van der Waals surface area contributed by atoms with Crippen LogP contribution in [0.25, 0.3) is 0 Å². The van der Waals surface area contributed by atoms with Gasteiger partial charge in [-0.15, -0.1) is 0 Å². The van der Waals surface area contributed by atoms with Gasteiger partial charge in [0, 0.05) is 24.3 Å². The van der Waals surface area contributed by atoms with Crippen LogP contribution in [-0.4, -0.2) is 46.0 Å². The Morgan fingerprint density at radius 1 is 1.16 bits per heavy atom. The molecule has 1 aliphatic rings. The molecule has 1 aromatic heterocycles. The molecule has 0 bridgehead atoms. The zero-order valence-corrected chi connectivity index (χ0v) is 18.2. The average Bonchev–Trinajstić information content (AvgIpc) is 3.19. The van der Waals surface area contributed by atoms with Gasteiger partial charge < -0.3 is 16.4 Å². The fraction of sp³-hybridized carbons (Fsp3) is 0.429. The summed E-state index contributed by atoms with van der Waals surface area (Å²) in [6.07, 6.45) is -3.93. The number of hydrogen-bond donors (Lipinski definition) is 3. The van der Waals surface area contributed by atoms with Crippen molar-refractivity contribution in [1.82, 2.24) is 15.1 Å². The van der Waals surface area contributed by atoms with E-state index in [1.165, 1.54) is 12.1 Å². The number of piperidine rings is 1. The number of aromatic amines is 1. The number of H-pyrrole nitrogens is 1. The summed E-state index contributed by atoms with van der Waals surface area (Å²) in [7, 11) is 0. The summed E-state index contributed by atoms with van der Waals surface area (Å²) in [6, 6.07) is 4.97. The van der Waals surface area contributed by atoms with Gasteiger partial charge in [0.2, 0.25) is 0 Å². The number of nitrogens with zero attached hydrogens (tertiary/aromatic N) is 3. The number of aromatic nitrogens is 2. The Labute approximate surface area is 183 Å². The Bertz CT molecular complexity index is 988. The second-order valence-electron chi connectivity index (χ2n) is 7.14. The molecule has 3 rings (SSSR count). The highest BCUT2D eigenvalue weighted by Gasteiger charge is 2.37. The summed E-state index contributed by atoms with van der Waals surface area (Å²) in [4.78, 5) is 29.3. The first kappa shape index (κ1) is 24.9. The number of hydrogen-bond acceptors (Lipinski definition) is 3.